The van der Waals surface area contributed by atoms with Gasteiger partial charge in [0.05, 0.1) is 5.97 Å². The third-order valence-electron chi connectivity index (χ3n) is 0.496. The van der Waals surface area contributed by atoms with Crippen LogP contribution >= 0.6 is 0 Å². The van der Waals surface area contributed by atoms with E-state index in [9.17, 15) is 19.5 Å². The minimum Gasteiger partial charge on any atom is -0.907 e. The number of carboxylic acids is 2. The molecule has 0 aromatic rings. The third kappa shape index (κ3) is 43.7. The van der Waals surface area contributed by atoms with Gasteiger partial charge in [0.15, 0.2) is 0 Å². The molecule has 0 aromatic carbocycles. The first-order chi connectivity index (χ1) is 6.27. The van der Waals surface area contributed by atoms with E-state index < -0.39 is 31.8 Å². The Hall–Kier alpha value is 0.745. The molecule has 18 heavy (non-hydrogen) atoms. The topological polar surface area (TPSA) is 173 Å². The first-order valence-corrected chi connectivity index (χ1v) is 2.84. The van der Waals surface area contributed by atoms with Gasteiger partial charge in [0.1, 0.15) is 6.61 Å². The Labute approximate surface area is 151 Å². The van der Waals surface area contributed by atoms with Crippen molar-refractivity contribution in [3.05, 3.63) is 0 Å². The Bertz CT molecular complexity index is 222. The Morgan fingerprint density at radius 1 is 1.00 bits per heavy atom. The molecule has 0 radical (unpaired) electrons. The average molecular weight is 234 g/mol. The minimum absolute atomic E-state index is 0. The molecule has 0 amide bonds. The molecule has 0 fully saturated rings. The first-order valence-electron chi connectivity index (χ1n) is 2.84. The number of carboxylic acid groups (broad SMARTS) is 2. The largest absolute Gasteiger partial charge is 1.00 e. The molecule has 0 atom stereocenters. The molecule has 0 saturated carbocycles. The van der Waals surface area contributed by atoms with Gasteiger partial charge in [0.2, 0.25) is 0 Å². The molecule has 0 bridgehead atoms. The number of esters is 1. The number of aliphatic carboxylic acids is 2. The van der Waals surface area contributed by atoms with Gasteiger partial charge in [-0.1, -0.05) is 0 Å². The summed E-state index contributed by atoms with van der Waals surface area (Å²) in [6.07, 6.45) is 0. The van der Waals surface area contributed by atoms with Crippen LogP contribution in [0.15, 0.2) is 0 Å². The number of carbonyl (C=O) groups excluding carboxylic acids is 2. The zero-order valence-corrected chi connectivity index (χ0v) is 10.5. The average Bonchev–Trinajstić information content (AvgIpc) is 1.98. The maximum atomic E-state index is 9.93. The molecule has 0 aliphatic rings. The normalized spacial score (nSPS) is 6.17. The molecule has 0 saturated heterocycles. The van der Waals surface area contributed by atoms with Gasteiger partial charge >= 0.3 is 87.4 Å². The second kappa shape index (κ2) is 22.9. The van der Waals surface area contributed by atoms with Crippen LogP contribution in [0.4, 0.5) is 0 Å². The molecule has 0 aliphatic carbocycles. The van der Waals surface area contributed by atoms with Gasteiger partial charge in [0, 0.05) is 0 Å². The summed E-state index contributed by atoms with van der Waals surface area (Å²) in [7, 11) is -2.92. The van der Waals surface area contributed by atoms with E-state index in [0.29, 0.717) is 0 Å². The quantitative estimate of drug-likeness (QED) is 0.276. The van der Waals surface area contributed by atoms with E-state index in [1.807, 2.05) is 0 Å². The summed E-state index contributed by atoms with van der Waals surface area (Å²) < 4.78 is 3.66. The van der Waals surface area contributed by atoms with E-state index in [1.54, 1.807) is 0 Å². The van der Waals surface area contributed by atoms with Crippen LogP contribution in [0.2, 0.25) is 0 Å². The molecule has 0 aromatic heterocycles. The van der Waals surface area contributed by atoms with Gasteiger partial charge in [-0.3, -0.25) is 7.32 Å². The number of hydrogen-bond acceptors (Lipinski definition) is 8. The molecule has 80 valence electrons. The molecule has 14 heteroatoms. The summed E-state index contributed by atoms with van der Waals surface area (Å²) in [5.41, 5.74) is 0. The van der Waals surface area contributed by atoms with E-state index in [2.05, 4.69) is 4.74 Å². The molecule has 0 heterocycles. The number of hydrogen-bond donors (Lipinski definition) is 1. The summed E-state index contributed by atoms with van der Waals surface area (Å²) in [5.74, 6) is -5.08. The van der Waals surface area contributed by atoms with Gasteiger partial charge in [0.25, 0.3) is 0 Å². The zero-order valence-electron chi connectivity index (χ0n) is 10.5. The van der Waals surface area contributed by atoms with Crippen molar-refractivity contribution in [2.45, 2.75) is 0 Å². The minimum atomic E-state index is -2.92. The van der Waals surface area contributed by atoms with Crippen molar-refractivity contribution in [3.63, 3.8) is 0 Å². The molecular formula is C4H3BLi4O9. The fraction of sp³-hybridized carbons (Fsp3) is 0.250. The van der Waals surface area contributed by atoms with Crippen molar-refractivity contribution in [2.75, 3.05) is 6.61 Å². The van der Waals surface area contributed by atoms with Crippen molar-refractivity contribution in [2.24, 2.45) is 0 Å². The van der Waals surface area contributed by atoms with Gasteiger partial charge in [-0.15, -0.1) is 0 Å². The Morgan fingerprint density at radius 3 is 1.44 bits per heavy atom. The molecule has 0 spiro atoms. The van der Waals surface area contributed by atoms with Gasteiger partial charge in [-0.2, -0.15) is 0 Å². The van der Waals surface area contributed by atoms with Crippen molar-refractivity contribution < 1.29 is 120 Å². The van der Waals surface area contributed by atoms with Crippen molar-refractivity contribution >= 4 is 25.2 Å². The van der Waals surface area contributed by atoms with Crippen LogP contribution in [0.1, 0.15) is 0 Å². The summed E-state index contributed by atoms with van der Waals surface area (Å²) in [6, 6.07) is 0. The molecule has 0 unspecified atom stereocenters. The van der Waals surface area contributed by atoms with E-state index in [-0.39, 0.29) is 75.4 Å². The summed E-state index contributed by atoms with van der Waals surface area (Å²) in [6.45, 7) is -1.04. The van der Waals surface area contributed by atoms with Crippen LogP contribution in [-0.4, -0.2) is 36.9 Å². The second-order valence-corrected chi connectivity index (χ2v) is 1.54. The standard InChI is InChI=1S/C4H4O6.BO3.4Li/c5-2(6)1-10-4(9)3(7)8;2-1(3)4;;;;/h1H2,(H,5,6)(H,7,8);;;;;/q;-3;4*+1/p-1. The molecular weight excluding hydrogens is 231 g/mol. The van der Waals surface area contributed by atoms with E-state index >= 15 is 0 Å². The Morgan fingerprint density at radius 2 is 1.28 bits per heavy atom. The molecule has 0 rings (SSSR count). The van der Waals surface area contributed by atoms with E-state index in [4.69, 9.17) is 20.2 Å². The maximum Gasteiger partial charge on any atom is 1.00 e. The van der Waals surface area contributed by atoms with Crippen LogP contribution in [0.3, 0.4) is 0 Å². The van der Waals surface area contributed by atoms with Crippen LogP contribution in [-0.2, 0) is 19.1 Å². The van der Waals surface area contributed by atoms with Crippen molar-refractivity contribution in [3.8, 4) is 0 Å². The number of carbonyl (C=O) groups is 3. The predicted molar refractivity (Wildman–Crippen MR) is 29.4 cm³/mol. The van der Waals surface area contributed by atoms with Crippen LogP contribution < -0.4 is 95.6 Å². The van der Waals surface area contributed by atoms with Gasteiger partial charge < -0.3 is 34.8 Å². The van der Waals surface area contributed by atoms with Crippen LogP contribution in [0.25, 0.3) is 0 Å². The van der Waals surface area contributed by atoms with Crippen molar-refractivity contribution in [1.29, 1.82) is 0 Å². The van der Waals surface area contributed by atoms with Crippen molar-refractivity contribution in [1.82, 2.24) is 0 Å². The SMILES string of the molecule is O=C([O-])COC(=O)C(=O)O.[Li+].[Li+].[Li+].[Li+].[O-]B([O-])[O-]. The van der Waals surface area contributed by atoms with E-state index in [1.165, 1.54) is 0 Å². The first kappa shape index (κ1) is 36.3. The van der Waals surface area contributed by atoms with Crippen LogP contribution in [0, 0.1) is 0 Å². The molecule has 1 N–H and O–H groups in total. The second-order valence-electron chi connectivity index (χ2n) is 1.54. The smallest absolute Gasteiger partial charge is 0.907 e. The summed E-state index contributed by atoms with van der Waals surface area (Å²) >= 11 is 0. The molecule has 9 nitrogen and oxygen atoms in total. The summed E-state index contributed by atoms with van der Waals surface area (Å²) in [4.78, 5) is 29.1. The zero-order chi connectivity index (χ0) is 11.7. The fourth-order valence-corrected chi connectivity index (χ4v) is 0.186. The Kier molecular flexibility index (Phi) is 46.2. The van der Waals surface area contributed by atoms with Crippen LogP contribution in [0.5, 0.6) is 0 Å². The Balaban J connectivity index is -0.0000000402. The maximum absolute atomic E-state index is 9.93. The van der Waals surface area contributed by atoms with E-state index in [0.717, 1.165) is 0 Å². The monoisotopic (exact) mass is 234 g/mol. The fourth-order valence-electron chi connectivity index (χ4n) is 0.186. The predicted octanol–water partition coefficient (Wildman–Crippen LogP) is -18.6. The number of ether oxygens (including phenoxy) is 1. The van der Waals surface area contributed by atoms with Gasteiger partial charge in [-0.05, 0) is 0 Å². The number of rotatable bonds is 2. The molecule has 0 aliphatic heterocycles. The third-order valence-corrected chi connectivity index (χ3v) is 0.496. The van der Waals surface area contributed by atoms with Gasteiger partial charge in [-0.25, -0.2) is 9.59 Å². The summed E-state index contributed by atoms with van der Waals surface area (Å²) in [5, 5.41) is 42.6.